The highest BCUT2D eigenvalue weighted by Crippen LogP contribution is 2.43. The second-order valence-electron chi connectivity index (χ2n) is 9.51. The third kappa shape index (κ3) is 5.57. The molecule has 0 bridgehead atoms. The van der Waals surface area contributed by atoms with Crippen molar-refractivity contribution in [2.24, 2.45) is 17.8 Å². The Balaban J connectivity index is 1.67. The van der Waals surface area contributed by atoms with Crippen molar-refractivity contribution >= 4 is 0 Å². The topological polar surface area (TPSA) is 51.2 Å². The van der Waals surface area contributed by atoms with Gasteiger partial charge in [-0.25, -0.2) is 0 Å². The van der Waals surface area contributed by atoms with Gasteiger partial charge in [0.2, 0.25) is 0 Å². The maximum absolute atomic E-state index is 11.5. The van der Waals surface area contributed by atoms with E-state index in [9.17, 15) is 5.11 Å². The summed E-state index contributed by atoms with van der Waals surface area (Å²) >= 11 is 0. The van der Waals surface area contributed by atoms with Crippen molar-refractivity contribution in [2.45, 2.75) is 76.8 Å². The van der Waals surface area contributed by atoms with E-state index in [2.05, 4.69) is 38.9 Å². The van der Waals surface area contributed by atoms with Crippen molar-refractivity contribution in [1.82, 2.24) is 4.90 Å². The van der Waals surface area contributed by atoms with Crippen LogP contribution in [0.15, 0.2) is 11.6 Å². The first-order valence-corrected chi connectivity index (χ1v) is 11.3. The standard InChI is InChI=1S/C23H41NO4/c1-17-7-5-11-23(25,18(17)2)15-19-10-14-26-13-6-8-20(19)21-16-27-22(28-21)9-12-24(3)4/h7,18-22,25H,5-6,8-16H2,1-4H3. The van der Waals surface area contributed by atoms with Crippen LogP contribution in [-0.4, -0.2) is 68.5 Å². The monoisotopic (exact) mass is 395 g/mol. The van der Waals surface area contributed by atoms with E-state index in [4.69, 9.17) is 14.2 Å². The van der Waals surface area contributed by atoms with Crippen molar-refractivity contribution in [1.29, 1.82) is 0 Å². The minimum Gasteiger partial charge on any atom is -0.389 e. The molecule has 0 saturated carbocycles. The summed E-state index contributed by atoms with van der Waals surface area (Å²) < 4.78 is 18.2. The highest BCUT2D eigenvalue weighted by Gasteiger charge is 2.43. The molecule has 0 radical (unpaired) electrons. The fourth-order valence-corrected chi connectivity index (χ4v) is 5.27. The summed E-state index contributed by atoms with van der Waals surface area (Å²) in [5.41, 5.74) is 0.724. The van der Waals surface area contributed by atoms with Crippen LogP contribution in [0.2, 0.25) is 0 Å². The molecule has 0 aromatic heterocycles. The van der Waals surface area contributed by atoms with Crippen molar-refractivity contribution in [3.63, 3.8) is 0 Å². The number of rotatable bonds is 6. The van der Waals surface area contributed by atoms with Gasteiger partial charge in [-0.3, -0.25) is 0 Å². The maximum Gasteiger partial charge on any atom is 0.159 e. The molecule has 2 fully saturated rings. The van der Waals surface area contributed by atoms with E-state index in [1.165, 1.54) is 5.57 Å². The molecule has 2 heterocycles. The van der Waals surface area contributed by atoms with Gasteiger partial charge in [0.15, 0.2) is 6.29 Å². The van der Waals surface area contributed by atoms with E-state index in [0.717, 1.165) is 64.7 Å². The van der Waals surface area contributed by atoms with Crippen molar-refractivity contribution in [3.8, 4) is 0 Å². The lowest BCUT2D eigenvalue weighted by Gasteiger charge is -2.43. The van der Waals surface area contributed by atoms with Crippen LogP contribution in [0.1, 0.15) is 58.8 Å². The Morgan fingerprint density at radius 2 is 2.07 bits per heavy atom. The number of allylic oxidation sites excluding steroid dienone is 1. The Morgan fingerprint density at radius 3 is 2.86 bits per heavy atom. The molecular weight excluding hydrogens is 354 g/mol. The molecule has 3 aliphatic rings. The van der Waals surface area contributed by atoms with Crippen LogP contribution in [0.25, 0.3) is 0 Å². The summed E-state index contributed by atoms with van der Waals surface area (Å²) in [6.45, 7) is 7.64. The Kier molecular flexibility index (Phi) is 7.97. The van der Waals surface area contributed by atoms with Gasteiger partial charge in [-0.2, -0.15) is 0 Å². The molecule has 5 heteroatoms. The number of hydrogen-bond donors (Lipinski definition) is 1. The van der Waals surface area contributed by atoms with E-state index >= 15 is 0 Å². The molecule has 0 spiro atoms. The second-order valence-corrected chi connectivity index (χ2v) is 9.51. The zero-order chi connectivity index (χ0) is 20.1. The molecule has 0 aromatic rings. The van der Waals surface area contributed by atoms with E-state index in [1.54, 1.807) is 0 Å². The van der Waals surface area contributed by atoms with E-state index < -0.39 is 5.60 Å². The van der Waals surface area contributed by atoms with Crippen molar-refractivity contribution in [3.05, 3.63) is 11.6 Å². The maximum atomic E-state index is 11.5. The average molecular weight is 396 g/mol. The molecule has 2 saturated heterocycles. The van der Waals surface area contributed by atoms with E-state index in [0.29, 0.717) is 18.4 Å². The predicted octanol–water partition coefficient (Wildman–Crippen LogP) is 3.61. The number of nitrogens with zero attached hydrogens (tertiary/aromatic N) is 1. The van der Waals surface area contributed by atoms with Crippen LogP contribution in [0, 0.1) is 17.8 Å². The fourth-order valence-electron chi connectivity index (χ4n) is 5.27. The fraction of sp³-hybridized carbons (Fsp3) is 0.913. The lowest BCUT2D eigenvalue weighted by atomic mass is 9.67. The largest absolute Gasteiger partial charge is 0.389 e. The van der Waals surface area contributed by atoms with Gasteiger partial charge < -0.3 is 24.2 Å². The molecule has 3 rings (SSSR count). The Hall–Kier alpha value is -0.460. The molecule has 2 aliphatic heterocycles. The molecule has 1 aliphatic carbocycles. The summed E-state index contributed by atoms with van der Waals surface area (Å²) in [4.78, 5) is 2.17. The minimum absolute atomic E-state index is 0.0865. The summed E-state index contributed by atoms with van der Waals surface area (Å²) in [6.07, 6.45) is 9.12. The summed E-state index contributed by atoms with van der Waals surface area (Å²) in [7, 11) is 4.17. The molecule has 1 N–H and O–H groups in total. The van der Waals surface area contributed by atoms with Crippen LogP contribution in [0.5, 0.6) is 0 Å². The first-order valence-electron chi connectivity index (χ1n) is 11.3. The van der Waals surface area contributed by atoms with Crippen molar-refractivity contribution < 1.29 is 19.3 Å². The Morgan fingerprint density at radius 1 is 1.25 bits per heavy atom. The SMILES string of the molecule is CC1=CCCC(O)(CC2CCOCCCC2C2COC(CCN(C)C)O2)C1C. The summed E-state index contributed by atoms with van der Waals surface area (Å²) in [5.74, 6) is 1.08. The van der Waals surface area contributed by atoms with Gasteiger partial charge in [0, 0.05) is 32.1 Å². The molecule has 6 unspecified atom stereocenters. The number of hydrogen-bond acceptors (Lipinski definition) is 5. The van der Waals surface area contributed by atoms with Crippen LogP contribution in [0.3, 0.4) is 0 Å². The zero-order valence-corrected chi connectivity index (χ0v) is 18.4. The van der Waals surface area contributed by atoms with Crippen molar-refractivity contribution in [2.75, 3.05) is 40.5 Å². The molecule has 6 atom stereocenters. The third-order valence-electron chi connectivity index (χ3n) is 7.28. The molecule has 0 aromatic carbocycles. The highest BCUT2D eigenvalue weighted by atomic mass is 16.7. The Bertz CT molecular complexity index is 523. The van der Waals surface area contributed by atoms with Gasteiger partial charge in [-0.1, -0.05) is 18.6 Å². The molecule has 162 valence electrons. The first-order chi connectivity index (χ1) is 13.4. The smallest absolute Gasteiger partial charge is 0.159 e. The Labute approximate surface area is 171 Å². The molecule has 28 heavy (non-hydrogen) atoms. The summed E-state index contributed by atoms with van der Waals surface area (Å²) in [6, 6.07) is 0. The average Bonchev–Trinajstić information content (AvgIpc) is 3.09. The quantitative estimate of drug-likeness (QED) is 0.696. The molecular formula is C23H41NO4. The van der Waals surface area contributed by atoms with Gasteiger partial charge in [-0.05, 0) is 71.4 Å². The van der Waals surface area contributed by atoms with Gasteiger partial charge in [0.1, 0.15) is 0 Å². The lowest BCUT2D eigenvalue weighted by Crippen LogP contribution is -2.44. The van der Waals surface area contributed by atoms with Gasteiger partial charge >= 0.3 is 0 Å². The van der Waals surface area contributed by atoms with Gasteiger partial charge in [0.25, 0.3) is 0 Å². The first kappa shape index (κ1) is 22.2. The van der Waals surface area contributed by atoms with Crippen LogP contribution < -0.4 is 0 Å². The lowest BCUT2D eigenvalue weighted by molar-refractivity contribution is -0.0935. The summed E-state index contributed by atoms with van der Waals surface area (Å²) in [5, 5.41) is 11.5. The van der Waals surface area contributed by atoms with Crippen LogP contribution in [-0.2, 0) is 14.2 Å². The second kappa shape index (κ2) is 10.0. The normalized spacial score (nSPS) is 40.2. The molecule has 0 amide bonds. The van der Waals surface area contributed by atoms with Crippen LogP contribution >= 0.6 is 0 Å². The number of ether oxygens (including phenoxy) is 3. The number of aliphatic hydroxyl groups is 1. The predicted molar refractivity (Wildman–Crippen MR) is 111 cm³/mol. The van der Waals surface area contributed by atoms with E-state index in [-0.39, 0.29) is 18.3 Å². The minimum atomic E-state index is -0.606. The van der Waals surface area contributed by atoms with E-state index in [1.807, 2.05) is 0 Å². The zero-order valence-electron chi connectivity index (χ0n) is 18.4. The third-order valence-corrected chi connectivity index (χ3v) is 7.28. The highest BCUT2D eigenvalue weighted by molar-refractivity contribution is 5.14. The van der Waals surface area contributed by atoms with Gasteiger partial charge in [-0.15, -0.1) is 0 Å². The molecule has 5 nitrogen and oxygen atoms in total. The van der Waals surface area contributed by atoms with Gasteiger partial charge in [0.05, 0.1) is 18.3 Å². The van der Waals surface area contributed by atoms with Crippen LogP contribution in [0.4, 0.5) is 0 Å².